The summed E-state index contributed by atoms with van der Waals surface area (Å²) in [6.07, 6.45) is 0.664. The summed E-state index contributed by atoms with van der Waals surface area (Å²) in [6.45, 7) is 1.93. The zero-order valence-electron chi connectivity index (χ0n) is 10.4. The molecule has 0 aliphatic rings. The molecular formula is C13H12Cl2N2O2. The van der Waals surface area contributed by atoms with Crippen molar-refractivity contribution >= 4 is 23.2 Å². The Kier molecular flexibility index (Phi) is 4.12. The van der Waals surface area contributed by atoms with Crippen molar-refractivity contribution in [2.24, 2.45) is 0 Å². The van der Waals surface area contributed by atoms with Crippen molar-refractivity contribution in [1.82, 2.24) is 9.97 Å². The molecule has 4 nitrogen and oxygen atoms in total. The molecule has 2 rings (SSSR count). The Morgan fingerprint density at radius 2 is 1.84 bits per heavy atom. The molecule has 1 aromatic carbocycles. The second-order valence-electron chi connectivity index (χ2n) is 3.85. The molecule has 1 heterocycles. The Labute approximate surface area is 121 Å². The number of phenols is 1. The minimum absolute atomic E-state index is 0.0497. The maximum absolute atomic E-state index is 9.56. The second kappa shape index (κ2) is 5.63. The van der Waals surface area contributed by atoms with Gasteiger partial charge in [-0.15, -0.1) is 0 Å². The predicted molar refractivity (Wildman–Crippen MR) is 75.1 cm³/mol. The van der Waals surface area contributed by atoms with Gasteiger partial charge in [0, 0.05) is 11.1 Å². The highest BCUT2D eigenvalue weighted by atomic mass is 35.5. The molecule has 100 valence electrons. The van der Waals surface area contributed by atoms with Gasteiger partial charge in [0.25, 0.3) is 0 Å². The Morgan fingerprint density at radius 1 is 1.21 bits per heavy atom. The highest BCUT2D eigenvalue weighted by Crippen LogP contribution is 2.32. The van der Waals surface area contributed by atoms with Gasteiger partial charge in [-0.05, 0) is 24.6 Å². The van der Waals surface area contributed by atoms with E-state index in [0.717, 1.165) is 5.56 Å². The number of rotatable bonds is 3. The SMILES string of the molecule is CCc1c(Cl)nc(-c2ccc(O)c(OC)c2)nc1Cl. The van der Waals surface area contributed by atoms with Crippen LogP contribution in [0.4, 0.5) is 0 Å². The molecule has 0 atom stereocenters. The molecular weight excluding hydrogens is 287 g/mol. The molecule has 2 aromatic rings. The Balaban J connectivity index is 2.53. The fraction of sp³-hybridized carbons (Fsp3) is 0.231. The van der Waals surface area contributed by atoms with Crippen LogP contribution in [0.25, 0.3) is 11.4 Å². The highest BCUT2D eigenvalue weighted by molar-refractivity contribution is 6.34. The van der Waals surface area contributed by atoms with Gasteiger partial charge in [0.05, 0.1) is 7.11 Å². The van der Waals surface area contributed by atoms with Gasteiger partial charge in [0.2, 0.25) is 0 Å². The average molecular weight is 299 g/mol. The van der Waals surface area contributed by atoms with Crippen LogP contribution in [-0.4, -0.2) is 22.2 Å². The van der Waals surface area contributed by atoms with E-state index >= 15 is 0 Å². The average Bonchev–Trinajstić information content (AvgIpc) is 2.39. The third kappa shape index (κ3) is 2.74. The lowest BCUT2D eigenvalue weighted by Gasteiger charge is -2.08. The molecule has 0 aliphatic carbocycles. The first kappa shape index (κ1) is 13.9. The lowest BCUT2D eigenvalue weighted by Crippen LogP contribution is -1.97. The summed E-state index contributed by atoms with van der Waals surface area (Å²) >= 11 is 12.1. The number of phenolic OH excluding ortho intramolecular Hbond substituents is 1. The fourth-order valence-electron chi connectivity index (χ4n) is 1.67. The van der Waals surface area contributed by atoms with E-state index in [1.165, 1.54) is 13.2 Å². The monoisotopic (exact) mass is 298 g/mol. The molecule has 0 saturated heterocycles. The number of benzene rings is 1. The van der Waals surface area contributed by atoms with Gasteiger partial charge in [0.1, 0.15) is 10.3 Å². The van der Waals surface area contributed by atoms with Crippen molar-refractivity contribution in [2.75, 3.05) is 7.11 Å². The van der Waals surface area contributed by atoms with E-state index in [1.807, 2.05) is 6.92 Å². The van der Waals surface area contributed by atoms with Crippen LogP contribution in [0, 0.1) is 0 Å². The summed E-state index contributed by atoms with van der Waals surface area (Å²) in [5.41, 5.74) is 1.39. The van der Waals surface area contributed by atoms with Crippen LogP contribution in [0.3, 0.4) is 0 Å². The van der Waals surface area contributed by atoms with E-state index in [4.69, 9.17) is 27.9 Å². The summed E-state index contributed by atoms with van der Waals surface area (Å²) in [4.78, 5) is 8.43. The lowest BCUT2D eigenvalue weighted by atomic mass is 10.2. The zero-order valence-corrected chi connectivity index (χ0v) is 12.0. The Bertz CT molecular complexity index is 595. The number of halogens is 2. The molecule has 1 N–H and O–H groups in total. The standard InChI is InChI=1S/C13H12Cl2N2O2/c1-3-8-11(14)16-13(17-12(8)15)7-4-5-9(18)10(6-7)19-2/h4-6,18H,3H2,1-2H3. The minimum atomic E-state index is 0.0497. The van der Waals surface area contributed by atoms with Gasteiger partial charge in [-0.1, -0.05) is 30.1 Å². The number of aromatic hydroxyl groups is 1. The van der Waals surface area contributed by atoms with Crippen molar-refractivity contribution in [3.63, 3.8) is 0 Å². The van der Waals surface area contributed by atoms with Crippen molar-refractivity contribution < 1.29 is 9.84 Å². The van der Waals surface area contributed by atoms with Crippen molar-refractivity contribution in [3.8, 4) is 22.9 Å². The molecule has 0 fully saturated rings. The number of nitrogens with zero attached hydrogens (tertiary/aromatic N) is 2. The number of aromatic nitrogens is 2. The third-order valence-corrected chi connectivity index (χ3v) is 3.32. The summed E-state index contributed by atoms with van der Waals surface area (Å²) < 4.78 is 5.04. The fourth-order valence-corrected chi connectivity index (χ4v) is 2.32. The van der Waals surface area contributed by atoms with Gasteiger partial charge in [0.15, 0.2) is 17.3 Å². The van der Waals surface area contributed by atoms with Gasteiger partial charge >= 0.3 is 0 Å². The van der Waals surface area contributed by atoms with Crippen LogP contribution in [0.5, 0.6) is 11.5 Å². The van der Waals surface area contributed by atoms with E-state index in [2.05, 4.69) is 9.97 Å². The first-order valence-electron chi connectivity index (χ1n) is 5.66. The van der Waals surface area contributed by atoms with E-state index in [9.17, 15) is 5.11 Å². The van der Waals surface area contributed by atoms with Crippen LogP contribution in [-0.2, 0) is 6.42 Å². The molecule has 0 bridgehead atoms. The van der Waals surface area contributed by atoms with Crippen molar-refractivity contribution in [1.29, 1.82) is 0 Å². The molecule has 19 heavy (non-hydrogen) atoms. The first-order valence-corrected chi connectivity index (χ1v) is 6.41. The molecule has 6 heteroatoms. The quantitative estimate of drug-likeness (QED) is 0.877. The van der Waals surface area contributed by atoms with E-state index in [0.29, 0.717) is 33.9 Å². The molecule has 0 radical (unpaired) electrons. The second-order valence-corrected chi connectivity index (χ2v) is 4.56. The van der Waals surface area contributed by atoms with E-state index in [1.54, 1.807) is 12.1 Å². The van der Waals surface area contributed by atoms with Gasteiger partial charge in [-0.2, -0.15) is 0 Å². The molecule has 0 saturated carbocycles. The number of hydrogen-bond donors (Lipinski definition) is 1. The van der Waals surface area contributed by atoms with Crippen LogP contribution in [0.15, 0.2) is 18.2 Å². The summed E-state index contributed by atoms with van der Waals surface area (Å²) in [6, 6.07) is 4.81. The first-order chi connectivity index (χ1) is 9.06. The van der Waals surface area contributed by atoms with Gasteiger partial charge in [-0.3, -0.25) is 0 Å². The molecule has 0 unspecified atom stereocenters. The molecule has 0 aliphatic heterocycles. The topological polar surface area (TPSA) is 55.2 Å². The maximum Gasteiger partial charge on any atom is 0.162 e. The maximum atomic E-state index is 9.56. The lowest BCUT2D eigenvalue weighted by molar-refractivity contribution is 0.373. The van der Waals surface area contributed by atoms with Crippen molar-refractivity contribution in [3.05, 3.63) is 34.1 Å². The van der Waals surface area contributed by atoms with Gasteiger partial charge < -0.3 is 9.84 Å². The largest absolute Gasteiger partial charge is 0.504 e. The third-order valence-electron chi connectivity index (χ3n) is 2.70. The van der Waals surface area contributed by atoms with Crippen LogP contribution in [0.2, 0.25) is 10.3 Å². The highest BCUT2D eigenvalue weighted by Gasteiger charge is 2.13. The normalized spacial score (nSPS) is 10.5. The Morgan fingerprint density at radius 3 is 2.37 bits per heavy atom. The van der Waals surface area contributed by atoms with Crippen LogP contribution >= 0.6 is 23.2 Å². The smallest absolute Gasteiger partial charge is 0.162 e. The van der Waals surface area contributed by atoms with Crippen LogP contribution in [0.1, 0.15) is 12.5 Å². The van der Waals surface area contributed by atoms with Crippen molar-refractivity contribution in [2.45, 2.75) is 13.3 Å². The number of ether oxygens (including phenoxy) is 1. The van der Waals surface area contributed by atoms with E-state index < -0.39 is 0 Å². The van der Waals surface area contributed by atoms with E-state index in [-0.39, 0.29) is 5.75 Å². The van der Waals surface area contributed by atoms with Gasteiger partial charge in [-0.25, -0.2) is 9.97 Å². The predicted octanol–water partition coefficient (Wildman–Crippen LogP) is 3.73. The summed E-state index contributed by atoms with van der Waals surface area (Å²) in [5.74, 6) is 0.784. The zero-order chi connectivity index (χ0) is 14.0. The molecule has 0 spiro atoms. The molecule has 1 aromatic heterocycles. The Hall–Kier alpha value is -1.52. The van der Waals surface area contributed by atoms with Crippen LogP contribution < -0.4 is 4.74 Å². The number of methoxy groups -OCH3 is 1. The minimum Gasteiger partial charge on any atom is -0.504 e. The summed E-state index contributed by atoms with van der Waals surface area (Å²) in [7, 11) is 1.47. The summed E-state index contributed by atoms with van der Waals surface area (Å²) in [5, 5.41) is 10.2. The number of hydrogen-bond acceptors (Lipinski definition) is 4. The molecule has 0 amide bonds.